The van der Waals surface area contributed by atoms with Crippen LogP contribution in [0.5, 0.6) is 0 Å². The van der Waals surface area contributed by atoms with Crippen LogP contribution in [0.4, 0.5) is 0 Å². The SMILES string of the molecule is O=Cc1ccc2ccc3cccc4ccc1c2c34.O=Cc1ccc2ccc3cccc4ccc1c2c34.[Cl][Au-]([Cl])([Cl])[Cl].[H+]. The van der Waals surface area contributed by atoms with Crippen molar-refractivity contribution in [3.63, 3.8) is 0 Å². The second kappa shape index (κ2) is 11.4. The van der Waals surface area contributed by atoms with Gasteiger partial charge in [0, 0.05) is 11.1 Å². The van der Waals surface area contributed by atoms with E-state index in [4.69, 9.17) is 36.8 Å². The van der Waals surface area contributed by atoms with Crippen LogP contribution in [0.3, 0.4) is 0 Å². The molecule has 0 aliphatic rings. The monoisotopic (exact) mass is 798 g/mol. The van der Waals surface area contributed by atoms with Gasteiger partial charge in [-0.3, -0.25) is 9.59 Å². The molecule has 0 saturated carbocycles. The number of halogens is 4. The van der Waals surface area contributed by atoms with Crippen LogP contribution in [-0.4, -0.2) is 12.6 Å². The van der Waals surface area contributed by atoms with Crippen molar-refractivity contribution in [3.8, 4) is 0 Å². The van der Waals surface area contributed by atoms with Crippen LogP contribution in [-0.2, 0) is 12.8 Å². The minimum Gasteiger partial charge on any atom is 1.00 e. The Kier molecular flexibility index (Phi) is 7.84. The first-order chi connectivity index (χ1) is 19.8. The molecule has 8 rings (SSSR count). The third-order valence-corrected chi connectivity index (χ3v) is 7.38. The standard InChI is InChI=1S/2C17H10O.Au.4ClH/c2*18-10-14-7-6-13-5-4-11-2-1-3-12-8-9-15(14)17(13)16(11)12;;;;;/h2*1-10H;;4*1H/q;;+3;;;;/p-3. The fourth-order valence-corrected chi connectivity index (χ4v) is 5.72. The second-order valence-corrected chi connectivity index (χ2v) is 28.3. The van der Waals surface area contributed by atoms with Gasteiger partial charge < -0.3 is 0 Å². The van der Waals surface area contributed by atoms with Gasteiger partial charge in [-0.25, -0.2) is 0 Å². The Balaban J connectivity index is 0.000000142. The van der Waals surface area contributed by atoms with Gasteiger partial charge in [-0.1, -0.05) is 109 Å². The number of aldehydes is 2. The molecule has 0 saturated heterocycles. The third-order valence-electron chi connectivity index (χ3n) is 7.38. The fourth-order valence-electron chi connectivity index (χ4n) is 5.72. The van der Waals surface area contributed by atoms with E-state index in [0.717, 1.165) is 34.5 Å². The van der Waals surface area contributed by atoms with E-state index in [9.17, 15) is 9.59 Å². The van der Waals surface area contributed by atoms with Crippen LogP contribution in [0.15, 0.2) is 109 Å². The maximum atomic E-state index is 11.2. The van der Waals surface area contributed by atoms with Crippen molar-refractivity contribution in [1.29, 1.82) is 0 Å². The zero-order valence-corrected chi connectivity index (χ0v) is 26.4. The van der Waals surface area contributed by atoms with E-state index in [-0.39, 0.29) is 1.43 Å². The van der Waals surface area contributed by atoms with Gasteiger partial charge in [-0.05, 0) is 64.6 Å². The molecule has 0 aromatic heterocycles. The Morgan fingerprint density at radius 3 is 1.00 bits per heavy atom. The molecule has 2 nitrogen and oxygen atoms in total. The van der Waals surface area contributed by atoms with Crippen molar-refractivity contribution in [1.82, 2.24) is 0 Å². The molecule has 0 fully saturated rings. The predicted octanol–water partition coefficient (Wildman–Crippen LogP) is 11.7. The maximum Gasteiger partial charge on any atom is 1.00 e. The van der Waals surface area contributed by atoms with E-state index in [1.54, 1.807) is 0 Å². The molecule has 0 aliphatic heterocycles. The van der Waals surface area contributed by atoms with Crippen LogP contribution in [0, 0.1) is 0 Å². The number of carbonyl (C=O) groups excluding carboxylic acids is 2. The van der Waals surface area contributed by atoms with Gasteiger partial charge in [-0.15, -0.1) is 0 Å². The van der Waals surface area contributed by atoms with Crippen LogP contribution in [0.1, 0.15) is 22.1 Å². The zero-order valence-electron chi connectivity index (χ0n) is 22.2. The Labute approximate surface area is 256 Å². The summed E-state index contributed by atoms with van der Waals surface area (Å²) in [6.45, 7) is 0. The summed E-state index contributed by atoms with van der Waals surface area (Å²) in [5.74, 6) is 0. The third kappa shape index (κ3) is 5.50. The summed E-state index contributed by atoms with van der Waals surface area (Å²) in [5, 5.41) is 14.3. The summed E-state index contributed by atoms with van der Waals surface area (Å²) >= 11 is -3.00. The molecule has 0 N–H and O–H groups in total. The molecule has 8 aromatic rings. The van der Waals surface area contributed by atoms with Gasteiger partial charge in [0.1, 0.15) is 0 Å². The largest absolute Gasteiger partial charge is 1.00 e. The quantitative estimate of drug-likeness (QED) is 0.0991. The van der Waals surface area contributed by atoms with E-state index in [0.29, 0.717) is 0 Å². The molecule has 208 valence electrons. The molecule has 0 unspecified atom stereocenters. The summed E-state index contributed by atoms with van der Waals surface area (Å²) in [4.78, 5) is 22.3. The first-order valence-electron chi connectivity index (χ1n) is 12.5. The minimum atomic E-state index is -3.00. The van der Waals surface area contributed by atoms with Crippen LogP contribution < -0.4 is 0 Å². The van der Waals surface area contributed by atoms with Crippen molar-refractivity contribution in [3.05, 3.63) is 120 Å². The molecule has 41 heavy (non-hydrogen) atoms. The molecule has 0 spiro atoms. The smallest absolute Gasteiger partial charge is 1.00 e. The van der Waals surface area contributed by atoms with Crippen LogP contribution >= 0.6 is 36.8 Å². The van der Waals surface area contributed by atoms with E-state index >= 15 is 0 Å². The number of hydrogen-bond donors (Lipinski definition) is 0. The first-order valence-corrected chi connectivity index (χ1v) is 23.2. The topological polar surface area (TPSA) is 34.1 Å². The van der Waals surface area contributed by atoms with E-state index < -0.39 is 12.8 Å². The van der Waals surface area contributed by atoms with Crippen molar-refractivity contribution in [2.75, 3.05) is 0 Å². The van der Waals surface area contributed by atoms with Gasteiger partial charge >= 0.3 is 51.0 Å². The number of rotatable bonds is 2. The normalized spacial score (nSPS) is 12.0. The molecule has 0 bridgehead atoms. The van der Waals surface area contributed by atoms with E-state index in [2.05, 4.69) is 72.8 Å². The molecule has 0 radical (unpaired) electrons. The van der Waals surface area contributed by atoms with Crippen LogP contribution in [0.25, 0.3) is 64.6 Å². The summed E-state index contributed by atoms with van der Waals surface area (Å²) in [7, 11) is 20.0. The predicted molar refractivity (Wildman–Crippen MR) is 176 cm³/mol. The van der Waals surface area contributed by atoms with E-state index in [1.165, 1.54) is 53.9 Å². The van der Waals surface area contributed by atoms with Gasteiger partial charge in [0.05, 0.1) is 0 Å². The summed E-state index contributed by atoms with van der Waals surface area (Å²) in [6.07, 6.45) is 1.87. The molecule has 7 heteroatoms. The van der Waals surface area contributed by atoms with Crippen molar-refractivity contribution < 1.29 is 23.8 Å². The summed E-state index contributed by atoms with van der Waals surface area (Å²) < 4.78 is 0. The Morgan fingerprint density at radius 1 is 0.415 bits per heavy atom. The number of carbonyl (C=O) groups is 2. The molecule has 0 aliphatic carbocycles. The van der Waals surface area contributed by atoms with Gasteiger partial charge in [0.25, 0.3) is 0 Å². The average molecular weight is 800 g/mol. The molecule has 0 heterocycles. The second-order valence-electron chi connectivity index (χ2n) is 9.52. The Hall–Kier alpha value is -2.92. The van der Waals surface area contributed by atoms with Crippen molar-refractivity contribution >= 4 is 114 Å². The maximum absolute atomic E-state index is 11.2. The average Bonchev–Trinajstić information content (AvgIpc) is 2.98. The molecule has 0 atom stereocenters. The molecule has 0 amide bonds. The van der Waals surface area contributed by atoms with Gasteiger partial charge in [0.2, 0.25) is 0 Å². The first kappa shape index (κ1) is 28.2. The van der Waals surface area contributed by atoms with Gasteiger partial charge in [0.15, 0.2) is 12.6 Å². The zero-order chi connectivity index (χ0) is 28.7. The molecule has 8 aromatic carbocycles. The summed E-state index contributed by atoms with van der Waals surface area (Å²) in [5.41, 5.74) is 1.53. The molecular weight excluding hydrogens is 779 g/mol. The van der Waals surface area contributed by atoms with Gasteiger partial charge in [-0.2, -0.15) is 0 Å². The minimum absolute atomic E-state index is 0. The number of benzene rings is 8. The fraction of sp³-hybridized carbons (Fsp3) is 0. The Morgan fingerprint density at radius 2 is 0.683 bits per heavy atom. The van der Waals surface area contributed by atoms with Crippen molar-refractivity contribution in [2.24, 2.45) is 0 Å². The number of hydrogen-bond acceptors (Lipinski definition) is 2. The van der Waals surface area contributed by atoms with E-state index in [1.807, 2.05) is 36.4 Å². The summed E-state index contributed by atoms with van der Waals surface area (Å²) in [6, 6.07) is 37.3. The van der Waals surface area contributed by atoms with Crippen molar-refractivity contribution in [2.45, 2.75) is 0 Å². The molecular formula is C34H21AuCl4O2. The van der Waals surface area contributed by atoms with Crippen LogP contribution in [0.2, 0.25) is 0 Å². The Bertz CT molecular complexity index is 2020.